The molecule has 0 aromatic heterocycles. The molecule has 146 valence electrons. The summed E-state index contributed by atoms with van der Waals surface area (Å²) >= 11 is 0. The van der Waals surface area contributed by atoms with E-state index in [0.29, 0.717) is 12.0 Å². The summed E-state index contributed by atoms with van der Waals surface area (Å²) in [5.41, 5.74) is 0.469. The van der Waals surface area contributed by atoms with Crippen LogP contribution < -0.4 is 0 Å². The van der Waals surface area contributed by atoms with Gasteiger partial charge in [-0.05, 0) is 32.3 Å². The van der Waals surface area contributed by atoms with Gasteiger partial charge in [0, 0.05) is 18.5 Å². The zero-order valence-corrected chi connectivity index (χ0v) is 16.3. The van der Waals surface area contributed by atoms with Crippen molar-refractivity contribution < 1.29 is 19.2 Å². The molecule has 0 aromatic rings. The second-order valence-corrected chi connectivity index (χ2v) is 7.22. The molecule has 0 radical (unpaired) electrons. The van der Waals surface area contributed by atoms with E-state index >= 15 is 0 Å². The van der Waals surface area contributed by atoms with E-state index in [-0.39, 0.29) is 55.6 Å². The average Bonchev–Trinajstić information content (AvgIpc) is 2.60. The number of Topliss-reactive ketones (excluding diaryl/α,β-unsaturated/α-hetero) is 3. The SMILES string of the molecule is C=C(C)C(=O)CN(CC(C)=O)C1CCCCC1N(CC=O)CC(=O)CC. The summed E-state index contributed by atoms with van der Waals surface area (Å²) < 4.78 is 0. The van der Waals surface area contributed by atoms with E-state index in [2.05, 4.69) is 6.58 Å². The first-order valence-corrected chi connectivity index (χ1v) is 9.41. The van der Waals surface area contributed by atoms with Gasteiger partial charge in [-0.25, -0.2) is 0 Å². The van der Waals surface area contributed by atoms with E-state index in [1.54, 1.807) is 6.92 Å². The van der Waals surface area contributed by atoms with Gasteiger partial charge in [0.2, 0.25) is 0 Å². The van der Waals surface area contributed by atoms with Gasteiger partial charge < -0.3 is 4.79 Å². The van der Waals surface area contributed by atoms with E-state index in [9.17, 15) is 19.2 Å². The summed E-state index contributed by atoms with van der Waals surface area (Å²) in [5, 5.41) is 0. The lowest BCUT2D eigenvalue weighted by molar-refractivity contribution is -0.126. The molecule has 1 rings (SSSR count). The van der Waals surface area contributed by atoms with Gasteiger partial charge in [0.05, 0.1) is 26.2 Å². The molecule has 0 aliphatic heterocycles. The van der Waals surface area contributed by atoms with Crippen LogP contribution in [0.2, 0.25) is 0 Å². The van der Waals surface area contributed by atoms with Gasteiger partial charge in [0.25, 0.3) is 0 Å². The summed E-state index contributed by atoms with van der Waals surface area (Å²) in [5.74, 6) is 0.00450. The standard InChI is InChI=1S/C20H32N2O4/c1-5-17(25)13-21(10-11-23)18-8-6-7-9-19(18)22(12-16(4)24)14-20(26)15(2)3/h11,18-19H,2,5-10,12-14H2,1,3-4H3. The minimum atomic E-state index is -0.0813. The first-order chi connectivity index (χ1) is 12.3. The van der Waals surface area contributed by atoms with Crippen molar-refractivity contribution in [1.82, 2.24) is 9.80 Å². The third-order valence-corrected chi connectivity index (χ3v) is 4.96. The van der Waals surface area contributed by atoms with Crippen molar-refractivity contribution in [3.05, 3.63) is 12.2 Å². The molecule has 1 saturated carbocycles. The minimum absolute atomic E-state index is 0.00425. The highest BCUT2D eigenvalue weighted by Gasteiger charge is 2.35. The summed E-state index contributed by atoms with van der Waals surface area (Å²) in [7, 11) is 0. The molecule has 26 heavy (non-hydrogen) atoms. The molecule has 1 fully saturated rings. The fourth-order valence-electron chi connectivity index (χ4n) is 3.59. The highest BCUT2D eigenvalue weighted by Crippen LogP contribution is 2.27. The van der Waals surface area contributed by atoms with Crippen LogP contribution in [-0.4, -0.2) is 71.7 Å². The van der Waals surface area contributed by atoms with Crippen LogP contribution in [0.3, 0.4) is 0 Å². The first kappa shape index (κ1) is 22.4. The Kier molecular flexibility index (Phi) is 9.59. The van der Waals surface area contributed by atoms with Gasteiger partial charge in [0.15, 0.2) is 5.78 Å². The maximum absolute atomic E-state index is 12.2. The second-order valence-electron chi connectivity index (χ2n) is 7.22. The van der Waals surface area contributed by atoms with Crippen molar-refractivity contribution in [2.45, 2.75) is 65.0 Å². The number of nitrogens with zero attached hydrogens (tertiary/aromatic N) is 2. The predicted octanol–water partition coefficient (Wildman–Crippen LogP) is 1.81. The maximum Gasteiger partial charge on any atom is 0.171 e. The first-order valence-electron chi connectivity index (χ1n) is 9.41. The number of aldehydes is 1. The Morgan fingerprint density at radius 2 is 1.58 bits per heavy atom. The van der Waals surface area contributed by atoms with E-state index in [1.165, 1.54) is 6.92 Å². The molecule has 6 nitrogen and oxygen atoms in total. The molecular weight excluding hydrogens is 332 g/mol. The molecule has 2 unspecified atom stereocenters. The van der Waals surface area contributed by atoms with Crippen LogP contribution in [0.1, 0.15) is 52.9 Å². The number of hydrogen-bond donors (Lipinski definition) is 0. The third-order valence-electron chi connectivity index (χ3n) is 4.96. The van der Waals surface area contributed by atoms with Crippen LogP contribution in [0, 0.1) is 0 Å². The molecule has 0 aromatic carbocycles. The smallest absolute Gasteiger partial charge is 0.171 e. The van der Waals surface area contributed by atoms with Crippen LogP contribution in [0.25, 0.3) is 0 Å². The Morgan fingerprint density at radius 3 is 2.04 bits per heavy atom. The highest BCUT2D eigenvalue weighted by molar-refractivity contribution is 5.96. The van der Waals surface area contributed by atoms with E-state index in [4.69, 9.17) is 0 Å². The van der Waals surface area contributed by atoms with Crippen LogP contribution in [-0.2, 0) is 19.2 Å². The molecule has 6 heteroatoms. The zero-order chi connectivity index (χ0) is 19.7. The van der Waals surface area contributed by atoms with Crippen molar-refractivity contribution >= 4 is 23.6 Å². The van der Waals surface area contributed by atoms with Crippen molar-refractivity contribution in [2.24, 2.45) is 0 Å². The van der Waals surface area contributed by atoms with Crippen molar-refractivity contribution in [3.8, 4) is 0 Å². The fraction of sp³-hybridized carbons (Fsp3) is 0.700. The van der Waals surface area contributed by atoms with Crippen molar-refractivity contribution in [3.63, 3.8) is 0 Å². The van der Waals surface area contributed by atoms with Gasteiger partial charge >= 0.3 is 0 Å². The van der Waals surface area contributed by atoms with Crippen LogP contribution >= 0.6 is 0 Å². The Morgan fingerprint density at radius 1 is 1.00 bits per heavy atom. The molecule has 0 N–H and O–H groups in total. The average molecular weight is 364 g/mol. The summed E-state index contributed by atoms with van der Waals surface area (Å²) in [6.45, 7) is 9.46. The van der Waals surface area contributed by atoms with Gasteiger partial charge in [-0.15, -0.1) is 0 Å². The van der Waals surface area contributed by atoms with E-state index in [1.807, 2.05) is 16.7 Å². The largest absolute Gasteiger partial charge is 0.302 e. The Balaban J connectivity index is 3.06. The number of carbonyl (C=O) groups excluding carboxylic acids is 4. The lowest BCUT2D eigenvalue weighted by Crippen LogP contribution is -2.56. The fourth-order valence-corrected chi connectivity index (χ4v) is 3.59. The van der Waals surface area contributed by atoms with Crippen LogP contribution in [0.4, 0.5) is 0 Å². The third kappa shape index (κ3) is 6.92. The number of carbonyl (C=O) groups is 4. The summed E-state index contributed by atoms with van der Waals surface area (Å²) in [4.78, 5) is 51.0. The molecule has 0 heterocycles. The molecule has 0 saturated heterocycles. The Hall–Kier alpha value is -1.66. The van der Waals surface area contributed by atoms with E-state index < -0.39 is 0 Å². The summed E-state index contributed by atoms with van der Waals surface area (Å²) in [6.07, 6.45) is 4.97. The minimum Gasteiger partial charge on any atom is -0.302 e. The Labute approximate surface area is 156 Å². The van der Waals surface area contributed by atoms with Gasteiger partial charge in [-0.3, -0.25) is 24.2 Å². The van der Waals surface area contributed by atoms with Crippen LogP contribution in [0.15, 0.2) is 12.2 Å². The molecule has 0 bridgehead atoms. The lowest BCUT2D eigenvalue weighted by Gasteiger charge is -2.44. The van der Waals surface area contributed by atoms with Gasteiger partial charge in [-0.2, -0.15) is 0 Å². The zero-order valence-electron chi connectivity index (χ0n) is 16.3. The normalized spacial score (nSPS) is 20.2. The van der Waals surface area contributed by atoms with Crippen molar-refractivity contribution in [1.29, 1.82) is 0 Å². The molecule has 1 aliphatic rings. The van der Waals surface area contributed by atoms with Crippen molar-refractivity contribution in [2.75, 3.05) is 26.2 Å². The van der Waals surface area contributed by atoms with E-state index in [0.717, 1.165) is 32.0 Å². The lowest BCUT2D eigenvalue weighted by atomic mass is 9.87. The maximum atomic E-state index is 12.2. The highest BCUT2D eigenvalue weighted by atomic mass is 16.1. The molecule has 1 aliphatic carbocycles. The molecular formula is C20H32N2O4. The number of hydrogen-bond acceptors (Lipinski definition) is 6. The molecule has 0 spiro atoms. The topological polar surface area (TPSA) is 74.8 Å². The number of ketones is 3. The molecule has 2 atom stereocenters. The number of rotatable bonds is 12. The monoisotopic (exact) mass is 364 g/mol. The van der Waals surface area contributed by atoms with Gasteiger partial charge in [0.1, 0.15) is 17.9 Å². The van der Waals surface area contributed by atoms with Gasteiger partial charge in [-0.1, -0.05) is 26.3 Å². The second kappa shape index (κ2) is 11.1. The predicted molar refractivity (Wildman–Crippen MR) is 101 cm³/mol. The molecule has 0 amide bonds. The summed E-state index contributed by atoms with van der Waals surface area (Å²) in [6, 6.07) is -0.0396. The van der Waals surface area contributed by atoms with Crippen LogP contribution in [0.5, 0.6) is 0 Å². The Bertz CT molecular complexity index is 544. The quantitative estimate of drug-likeness (QED) is 0.388.